The Morgan fingerprint density at radius 3 is 2.69 bits per heavy atom. The molecule has 7 heteroatoms. The lowest BCUT2D eigenvalue weighted by molar-refractivity contribution is -0.385. The van der Waals surface area contributed by atoms with E-state index in [9.17, 15) is 14.9 Å². The van der Waals surface area contributed by atoms with E-state index >= 15 is 0 Å². The molecule has 0 aromatic heterocycles. The molecule has 3 rings (SSSR count). The minimum Gasteiger partial charge on any atom is -0.337 e. The zero-order valence-electron chi connectivity index (χ0n) is 15.4. The lowest BCUT2D eigenvalue weighted by atomic mass is 10.0. The molecule has 0 unspecified atom stereocenters. The van der Waals surface area contributed by atoms with Crippen molar-refractivity contribution in [3.63, 3.8) is 0 Å². The van der Waals surface area contributed by atoms with Crippen LogP contribution in [-0.4, -0.2) is 46.3 Å². The minimum atomic E-state index is -0.385. The summed E-state index contributed by atoms with van der Waals surface area (Å²) in [5, 5.41) is 11.6. The predicted octanol–water partition coefficient (Wildman–Crippen LogP) is 3.78. The van der Waals surface area contributed by atoms with E-state index in [1.165, 1.54) is 18.9 Å². The summed E-state index contributed by atoms with van der Waals surface area (Å²) < 4.78 is 0. The number of carbonyl (C=O) groups excluding carboxylic acids is 1. The fourth-order valence-electron chi connectivity index (χ4n) is 3.74. The Morgan fingerprint density at radius 1 is 1.35 bits per heavy atom. The highest BCUT2D eigenvalue weighted by molar-refractivity contribution is 6.30. The number of amides is 1. The Kier molecular flexibility index (Phi) is 5.82. The monoisotopic (exact) mass is 379 g/mol. The number of hydrogen-bond acceptors (Lipinski definition) is 4. The van der Waals surface area contributed by atoms with Crippen LogP contribution in [0.4, 0.5) is 5.69 Å². The van der Waals surface area contributed by atoms with Crippen LogP contribution in [0.2, 0.25) is 5.02 Å². The molecule has 0 spiro atoms. The van der Waals surface area contributed by atoms with Crippen molar-refractivity contribution in [2.24, 2.45) is 5.92 Å². The number of benzene rings is 1. The molecule has 1 atom stereocenters. The first kappa shape index (κ1) is 19.1. The second-order valence-electron chi connectivity index (χ2n) is 7.62. The van der Waals surface area contributed by atoms with Crippen molar-refractivity contribution in [3.8, 4) is 0 Å². The van der Waals surface area contributed by atoms with Gasteiger partial charge in [0.05, 0.1) is 4.92 Å². The van der Waals surface area contributed by atoms with Gasteiger partial charge < -0.3 is 4.90 Å². The highest BCUT2D eigenvalue weighted by atomic mass is 35.5. The van der Waals surface area contributed by atoms with Gasteiger partial charge in [-0.15, -0.1) is 0 Å². The van der Waals surface area contributed by atoms with Gasteiger partial charge in [-0.1, -0.05) is 24.4 Å². The summed E-state index contributed by atoms with van der Waals surface area (Å²) >= 11 is 6.07. The number of rotatable bonds is 6. The molecule has 0 radical (unpaired) electrons. The summed E-state index contributed by atoms with van der Waals surface area (Å²) in [5.41, 5.74) is 1.61. The molecule has 1 saturated carbocycles. The molecule has 1 amide bonds. The van der Waals surface area contributed by atoms with Crippen molar-refractivity contribution in [2.45, 2.75) is 52.1 Å². The molecule has 1 aromatic rings. The number of carbonyl (C=O) groups is 1. The molecule has 2 fully saturated rings. The number of hydrogen-bond donors (Lipinski definition) is 0. The molecule has 1 heterocycles. The third kappa shape index (κ3) is 4.54. The zero-order valence-corrected chi connectivity index (χ0v) is 16.2. The number of halogens is 1. The Hall–Kier alpha value is -1.66. The smallest absolute Gasteiger partial charge is 0.274 e. The standard InChI is InChI=1S/C19H26ClN3O3/c1-13-11-21(7-8-22(13)19(24)6-5-15-3-4-15)12-16-9-17(20)10-18(14(16)2)23(25)26/h9-10,13,15H,3-8,11-12H2,1-2H3/t13-/m0/s1. The summed E-state index contributed by atoms with van der Waals surface area (Å²) in [5.74, 6) is 1.04. The van der Waals surface area contributed by atoms with Gasteiger partial charge in [0.1, 0.15) is 0 Å². The molecule has 142 valence electrons. The van der Waals surface area contributed by atoms with E-state index in [2.05, 4.69) is 11.8 Å². The molecule has 26 heavy (non-hydrogen) atoms. The molecular weight excluding hydrogens is 354 g/mol. The van der Waals surface area contributed by atoms with Crippen LogP contribution in [0.3, 0.4) is 0 Å². The first-order valence-corrected chi connectivity index (χ1v) is 9.68. The minimum absolute atomic E-state index is 0.0643. The normalized spacial score (nSPS) is 21.0. The highest BCUT2D eigenvalue weighted by Crippen LogP contribution is 2.34. The van der Waals surface area contributed by atoms with Gasteiger partial charge in [-0.3, -0.25) is 19.8 Å². The van der Waals surface area contributed by atoms with Crippen LogP contribution >= 0.6 is 11.6 Å². The van der Waals surface area contributed by atoms with Gasteiger partial charge >= 0.3 is 0 Å². The summed E-state index contributed by atoms with van der Waals surface area (Å²) in [7, 11) is 0. The largest absolute Gasteiger partial charge is 0.337 e. The first-order valence-electron chi connectivity index (χ1n) is 9.30. The maximum atomic E-state index is 12.4. The Bertz CT molecular complexity index is 706. The van der Waals surface area contributed by atoms with E-state index < -0.39 is 0 Å². The third-order valence-corrected chi connectivity index (χ3v) is 5.76. The van der Waals surface area contributed by atoms with E-state index in [1.807, 2.05) is 11.0 Å². The third-order valence-electron chi connectivity index (χ3n) is 5.54. The Balaban J connectivity index is 1.60. The van der Waals surface area contributed by atoms with Crippen molar-refractivity contribution < 1.29 is 9.72 Å². The summed E-state index contributed by atoms with van der Waals surface area (Å²) in [6.45, 7) is 6.72. The van der Waals surface area contributed by atoms with Crippen molar-refractivity contribution in [1.82, 2.24) is 9.80 Å². The SMILES string of the molecule is Cc1c(CN2CCN(C(=O)CCC3CC3)[C@@H](C)C2)cc(Cl)cc1[N+](=O)[O-]. The first-order chi connectivity index (χ1) is 12.3. The van der Waals surface area contributed by atoms with Gasteiger partial charge in [-0.25, -0.2) is 0 Å². The molecule has 0 N–H and O–H groups in total. The van der Waals surface area contributed by atoms with E-state index in [4.69, 9.17) is 11.6 Å². The summed E-state index contributed by atoms with van der Waals surface area (Å²) in [6.07, 6.45) is 4.25. The predicted molar refractivity (Wildman–Crippen MR) is 101 cm³/mol. The molecule has 1 aromatic carbocycles. The van der Waals surface area contributed by atoms with Crippen LogP contribution in [0, 0.1) is 23.0 Å². The lowest BCUT2D eigenvalue weighted by Crippen LogP contribution is -2.53. The fourth-order valence-corrected chi connectivity index (χ4v) is 3.97. The van der Waals surface area contributed by atoms with Crippen LogP contribution in [0.5, 0.6) is 0 Å². The van der Waals surface area contributed by atoms with Gasteiger partial charge in [-0.05, 0) is 37.8 Å². The highest BCUT2D eigenvalue weighted by Gasteiger charge is 2.29. The van der Waals surface area contributed by atoms with E-state index in [0.717, 1.165) is 31.0 Å². The number of nitro groups is 1. The summed E-state index contributed by atoms with van der Waals surface area (Å²) in [6, 6.07) is 3.37. The van der Waals surface area contributed by atoms with Crippen LogP contribution < -0.4 is 0 Å². The molecule has 1 aliphatic heterocycles. The number of piperazine rings is 1. The molecule has 2 aliphatic rings. The molecule has 6 nitrogen and oxygen atoms in total. The number of nitrogens with zero attached hydrogens (tertiary/aromatic N) is 3. The van der Waals surface area contributed by atoms with Crippen molar-refractivity contribution in [3.05, 3.63) is 38.4 Å². The number of nitro benzene ring substituents is 1. The van der Waals surface area contributed by atoms with Crippen LogP contribution in [-0.2, 0) is 11.3 Å². The maximum Gasteiger partial charge on any atom is 0.274 e. The summed E-state index contributed by atoms with van der Waals surface area (Å²) in [4.78, 5) is 27.5. The topological polar surface area (TPSA) is 66.7 Å². The van der Waals surface area contributed by atoms with Gasteiger partial charge in [-0.2, -0.15) is 0 Å². The lowest BCUT2D eigenvalue weighted by Gasteiger charge is -2.40. The maximum absolute atomic E-state index is 12.4. The quantitative estimate of drug-likeness (QED) is 0.557. The Morgan fingerprint density at radius 2 is 2.08 bits per heavy atom. The zero-order chi connectivity index (χ0) is 18.8. The molecule has 0 bridgehead atoms. The van der Waals surface area contributed by atoms with Gasteiger partial charge in [0.2, 0.25) is 5.91 Å². The Labute approximate surface area is 159 Å². The second-order valence-corrected chi connectivity index (χ2v) is 8.06. The van der Waals surface area contributed by atoms with Gasteiger partial charge in [0.25, 0.3) is 5.69 Å². The van der Waals surface area contributed by atoms with Gasteiger partial charge in [0.15, 0.2) is 0 Å². The average Bonchev–Trinajstić information content (AvgIpc) is 3.40. The molecule has 1 saturated heterocycles. The second kappa shape index (κ2) is 7.92. The van der Waals surface area contributed by atoms with E-state index in [1.54, 1.807) is 6.92 Å². The molecule has 1 aliphatic carbocycles. The van der Waals surface area contributed by atoms with Crippen LogP contribution in [0.1, 0.15) is 43.7 Å². The van der Waals surface area contributed by atoms with Crippen molar-refractivity contribution in [1.29, 1.82) is 0 Å². The molecular formula is C19H26ClN3O3. The van der Waals surface area contributed by atoms with Gasteiger partial charge in [0, 0.05) is 55.3 Å². The van der Waals surface area contributed by atoms with Crippen LogP contribution in [0.25, 0.3) is 0 Å². The van der Waals surface area contributed by atoms with Crippen molar-refractivity contribution in [2.75, 3.05) is 19.6 Å². The fraction of sp³-hybridized carbons (Fsp3) is 0.632. The van der Waals surface area contributed by atoms with E-state index in [-0.39, 0.29) is 22.6 Å². The average molecular weight is 380 g/mol. The van der Waals surface area contributed by atoms with Crippen molar-refractivity contribution >= 4 is 23.2 Å². The van der Waals surface area contributed by atoms with E-state index in [0.29, 0.717) is 30.1 Å². The van der Waals surface area contributed by atoms with Crippen LogP contribution in [0.15, 0.2) is 12.1 Å².